The van der Waals surface area contributed by atoms with Crippen molar-refractivity contribution >= 4 is 11.1 Å². The molecule has 2 aliphatic rings. The van der Waals surface area contributed by atoms with E-state index in [0.717, 1.165) is 97.1 Å². The molecule has 0 N–H and O–H groups in total. The van der Waals surface area contributed by atoms with Gasteiger partial charge in [0.1, 0.15) is 11.3 Å². The summed E-state index contributed by atoms with van der Waals surface area (Å²) >= 11 is 0. The molecule has 0 saturated carbocycles. The zero-order valence-corrected chi connectivity index (χ0v) is 24.1. The van der Waals surface area contributed by atoms with Crippen LogP contribution in [0.3, 0.4) is 0 Å². The second kappa shape index (κ2) is 11.2. The minimum Gasteiger partial charge on any atom is -0.170 e. The topological polar surface area (TPSA) is 0 Å². The normalized spacial score (nSPS) is 22.0. The van der Waals surface area contributed by atoms with Crippen LogP contribution >= 0.6 is 0 Å². The van der Waals surface area contributed by atoms with Crippen molar-refractivity contribution in [3.8, 4) is 0 Å². The molecule has 48 heavy (non-hydrogen) atoms. The summed E-state index contributed by atoms with van der Waals surface area (Å²) in [6.45, 7) is 0. The van der Waals surface area contributed by atoms with Crippen LogP contribution in [0.2, 0.25) is 0 Å². The van der Waals surface area contributed by atoms with Crippen molar-refractivity contribution in [2.45, 2.75) is 36.0 Å². The lowest BCUT2D eigenvalue weighted by Crippen LogP contribution is -2.54. The quantitative estimate of drug-likeness (QED) is 0.189. The van der Waals surface area contributed by atoms with Gasteiger partial charge in [0.15, 0.2) is 0 Å². The van der Waals surface area contributed by atoms with Gasteiger partial charge in [-0.2, -0.15) is 52.7 Å². The van der Waals surface area contributed by atoms with Gasteiger partial charge in [-0.15, -0.1) is 0 Å². The summed E-state index contributed by atoms with van der Waals surface area (Å²) in [6.07, 6.45) is -22.4. The Balaban J connectivity index is 1.99. The fourth-order valence-electron chi connectivity index (χ4n) is 6.92. The van der Waals surface area contributed by atoms with Crippen molar-refractivity contribution in [2.24, 2.45) is 0 Å². The molecule has 4 aromatic rings. The molecule has 0 saturated heterocycles. The average molecular weight is 681 g/mol. The number of halogens is 12. The van der Waals surface area contributed by atoms with E-state index in [1.807, 2.05) is 0 Å². The Bertz CT molecular complexity index is 1940. The molecule has 248 valence electrons. The smallest absolute Gasteiger partial charge is 0.170 e. The summed E-state index contributed by atoms with van der Waals surface area (Å²) in [4.78, 5) is 0. The summed E-state index contributed by atoms with van der Waals surface area (Å²) in [7, 11) is 0. The van der Waals surface area contributed by atoms with Gasteiger partial charge in [0.25, 0.3) is 0 Å². The van der Waals surface area contributed by atoms with Crippen LogP contribution in [0, 0.1) is 0 Å². The number of allylic oxidation sites excluding steroid dienone is 6. The van der Waals surface area contributed by atoms with Crippen LogP contribution in [0.5, 0.6) is 0 Å². The zero-order valence-electron chi connectivity index (χ0n) is 24.1. The molecule has 0 heterocycles. The van der Waals surface area contributed by atoms with Gasteiger partial charge < -0.3 is 0 Å². The Kier molecular flexibility index (Phi) is 7.72. The Morgan fingerprint density at radius 3 is 1.33 bits per heavy atom. The molecule has 4 aromatic carbocycles. The maximum absolute atomic E-state index is 16.0. The van der Waals surface area contributed by atoms with Gasteiger partial charge in [-0.25, -0.2) is 0 Å². The molecule has 2 aliphatic carbocycles. The maximum Gasteiger partial charge on any atom is 0.417 e. The molecule has 0 unspecified atom stereocenters. The highest BCUT2D eigenvalue weighted by Gasteiger charge is 2.70. The van der Waals surface area contributed by atoms with E-state index in [1.54, 1.807) is 0 Å². The first kappa shape index (κ1) is 33.2. The van der Waals surface area contributed by atoms with E-state index in [1.165, 1.54) is 18.2 Å². The predicted octanol–water partition coefficient (Wildman–Crippen LogP) is 11.5. The summed E-state index contributed by atoms with van der Waals surface area (Å²) in [5.74, 6) is -3.13. The van der Waals surface area contributed by atoms with Crippen LogP contribution in [0.25, 0.3) is 11.1 Å². The van der Waals surface area contributed by atoms with Crippen LogP contribution in [0.15, 0.2) is 138 Å². The molecule has 0 spiro atoms. The van der Waals surface area contributed by atoms with Crippen LogP contribution in [0.1, 0.15) is 33.7 Å². The van der Waals surface area contributed by atoms with Crippen LogP contribution in [0.4, 0.5) is 52.7 Å². The standard InChI is InChI=1S/C36H20F12/c37-33(38,39)28(20-12-4-1-5-13-20)25-26(29(34(40,41)42)21-14-6-2-7-15-21)31-27(25)30(35(43,44)45)23-18-10-11-19-24(23)32(31,36(46,47)48)22-16-8-3-9-17-22/h1-19,30H/b28-25-,29-26-/t30-,32+/m1/s1. The first-order valence-electron chi connectivity index (χ1n) is 14.2. The number of benzene rings is 4. The first-order chi connectivity index (χ1) is 22.4. The first-order valence-corrected chi connectivity index (χ1v) is 14.2. The summed E-state index contributed by atoms with van der Waals surface area (Å²) < 4.78 is 185. The fraction of sp³-hybridized carbons (Fsp3) is 0.167. The molecule has 0 nitrogen and oxygen atoms in total. The monoisotopic (exact) mass is 680 g/mol. The van der Waals surface area contributed by atoms with E-state index in [-0.39, 0.29) is 0 Å². The molecule has 0 fully saturated rings. The van der Waals surface area contributed by atoms with Crippen LogP contribution in [-0.2, 0) is 5.41 Å². The van der Waals surface area contributed by atoms with Gasteiger partial charge in [0, 0.05) is 5.57 Å². The lowest BCUT2D eigenvalue weighted by Gasteiger charge is -2.53. The predicted molar refractivity (Wildman–Crippen MR) is 154 cm³/mol. The van der Waals surface area contributed by atoms with Gasteiger partial charge in [-0.1, -0.05) is 115 Å². The van der Waals surface area contributed by atoms with E-state index in [9.17, 15) is 0 Å². The fourth-order valence-corrected chi connectivity index (χ4v) is 6.92. The second-order valence-corrected chi connectivity index (χ2v) is 11.2. The number of hydrogen-bond acceptors (Lipinski definition) is 0. The molecular formula is C36H20F12. The number of hydrogen-bond donors (Lipinski definition) is 0. The third-order valence-electron chi connectivity index (χ3n) is 8.53. The van der Waals surface area contributed by atoms with Crippen molar-refractivity contribution in [1.82, 2.24) is 0 Å². The Labute approximate surface area is 265 Å². The van der Waals surface area contributed by atoms with Crippen LogP contribution in [-0.4, -0.2) is 24.7 Å². The number of alkyl halides is 12. The molecule has 0 aromatic heterocycles. The highest BCUT2D eigenvalue weighted by Crippen LogP contribution is 2.71. The van der Waals surface area contributed by atoms with Gasteiger partial charge in [0.2, 0.25) is 0 Å². The number of fused-ring (bicyclic) bond motifs is 1. The van der Waals surface area contributed by atoms with Gasteiger partial charge in [0.05, 0.1) is 11.1 Å². The van der Waals surface area contributed by atoms with Gasteiger partial charge >= 0.3 is 24.7 Å². The Morgan fingerprint density at radius 1 is 0.479 bits per heavy atom. The minimum absolute atomic E-state index is 0.720. The summed E-state index contributed by atoms with van der Waals surface area (Å²) in [5, 5.41) is 0. The molecule has 6 rings (SSSR count). The Morgan fingerprint density at radius 2 is 0.896 bits per heavy atom. The molecular weight excluding hydrogens is 660 g/mol. The molecule has 0 bridgehead atoms. The largest absolute Gasteiger partial charge is 0.417 e. The van der Waals surface area contributed by atoms with Gasteiger partial charge in [-0.3, -0.25) is 0 Å². The summed E-state index contributed by atoms with van der Waals surface area (Å²) in [5.41, 5.74) is -18.3. The lowest BCUT2D eigenvalue weighted by molar-refractivity contribution is -0.173. The van der Waals surface area contributed by atoms with Crippen molar-refractivity contribution in [1.29, 1.82) is 0 Å². The third-order valence-corrected chi connectivity index (χ3v) is 8.53. The molecule has 2 atom stereocenters. The lowest BCUT2D eigenvalue weighted by atomic mass is 9.49. The van der Waals surface area contributed by atoms with Crippen molar-refractivity contribution in [3.05, 3.63) is 165 Å². The highest BCUT2D eigenvalue weighted by atomic mass is 19.4. The van der Waals surface area contributed by atoms with Crippen LogP contribution < -0.4 is 0 Å². The minimum atomic E-state index is -5.66. The van der Waals surface area contributed by atoms with Crippen molar-refractivity contribution in [3.63, 3.8) is 0 Å². The summed E-state index contributed by atoms with van der Waals surface area (Å²) in [6, 6.07) is 19.0. The third kappa shape index (κ3) is 5.03. The van der Waals surface area contributed by atoms with E-state index < -0.39 is 97.3 Å². The van der Waals surface area contributed by atoms with Crippen molar-refractivity contribution < 1.29 is 52.7 Å². The van der Waals surface area contributed by atoms with Gasteiger partial charge in [-0.05, 0) is 44.5 Å². The van der Waals surface area contributed by atoms with Crippen molar-refractivity contribution in [2.75, 3.05) is 0 Å². The molecule has 0 radical (unpaired) electrons. The Hall–Kier alpha value is -4.74. The second-order valence-electron chi connectivity index (χ2n) is 11.2. The highest BCUT2D eigenvalue weighted by molar-refractivity contribution is 5.99. The van der Waals surface area contributed by atoms with E-state index in [0.29, 0.717) is 0 Å². The van der Waals surface area contributed by atoms with E-state index in [2.05, 4.69) is 0 Å². The average Bonchev–Trinajstić information content (AvgIpc) is 3.00. The molecule has 12 heteroatoms. The zero-order chi connectivity index (χ0) is 34.9. The van der Waals surface area contributed by atoms with E-state index in [4.69, 9.17) is 0 Å². The number of rotatable bonds is 3. The van der Waals surface area contributed by atoms with E-state index >= 15 is 52.7 Å². The maximum atomic E-state index is 16.0. The SMILES string of the molecule is FC(F)(F)/C(=C1C2=C(C\1=C(\c1ccccc1)C(F)(F)F)[C@@](c1ccccc1)(C(F)(F)F)c1ccccc1[C@H]2C(F)(F)F)c1ccccc1. The molecule has 0 amide bonds. The molecule has 0 aliphatic heterocycles.